The van der Waals surface area contributed by atoms with Crippen LogP contribution in [-0.4, -0.2) is 5.91 Å². The highest BCUT2D eigenvalue weighted by Crippen LogP contribution is 2.61. The molecule has 0 bridgehead atoms. The highest BCUT2D eigenvalue weighted by molar-refractivity contribution is 7.95. The van der Waals surface area contributed by atoms with Crippen molar-refractivity contribution in [2.24, 2.45) is 5.41 Å². The minimum atomic E-state index is -2.36. The molecule has 230 valence electrons. The average molecular weight is 629 g/mol. The third kappa shape index (κ3) is 5.75. The van der Waals surface area contributed by atoms with Crippen molar-refractivity contribution >= 4 is 56.3 Å². The van der Waals surface area contributed by atoms with Gasteiger partial charge in [-0.3, -0.25) is 4.79 Å². The van der Waals surface area contributed by atoms with Crippen LogP contribution in [0, 0.1) is 5.41 Å². The fourth-order valence-corrected chi connectivity index (χ4v) is 11.2. The molecule has 2 nitrogen and oxygen atoms in total. The van der Waals surface area contributed by atoms with Gasteiger partial charge in [-0.25, -0.2) is 0 Å². The van der Waals surface area contributed by atoms with Crippen LogP contribution >= 0.6 is 7.26 Å². The summed E-state index contributed by atoms with van der Waals surface area (Å²) in [6.45, 7) is 5.90. The number of nitrogens with one attached hydrogen (secondary N) is 1. The van der Waals surface area contributed by atoms with Crippen LogP contribution in [0.25, 0.3) is 32.7 Å². The topological polar surface area (TPSA) is 29.1 Å². The van der Waals surface area contributed by atoms with Gasteiger partial charge in [-0.1, -0.05) is 148 Å². The Hall–Kier alpha value is -5.04. The standard InChI is InChI=1S/C44H38NOP/c1-44(2,3)43(46)45-39-29-27-33-19-13-15-25-37(33)41(39)42-38-26-16-14-20-34(38)28-30-40(42)47(35-21-9-5-10-22-35,36-23-11-6-12-24-36)31-32-17-7-4-8-18-32/h4-30H,31H2,1-3H3/p+1. The van der Waals surface area contributed by atoms with Crippen molar-refractivity contribution in [1.29, 1.82) is 0 Å². The number of amides is 1. The fourth-order valence-electron chi connectivity index (χ4n) is 6.71. The monoisotopic (exact) mass is 628 g/mol. The molecule has 3 heteroatoms. The van der Waals surface area contributed by atoms with E-state index in [0.717, 1.165) is 28.2 Å². The van der Waals surface area contributed by atoms with Crippen LogP contribution < -0.4 is 21.2 Å². The minimum absolute atomic E-state index is 0.00715. The van der Waals surface area contributed by atoms with Crippen molar-refractivity contribution in [3.63, 3.8) is 0 Å². The van der Waals surface area contributed by atoms with Gasteiger partial charge in [0.05, 0.1) is 6.16 Å². The summed E-state index contributed by atoms with van der Waals surface area (Å²) in [7, 11) is -2.36. The summed E-state index contributed by atoms with van der Waals surface area (Å²) in [4.78, 5) is 13.7. The molecule has 0 radical (unpaired) electrons. The van der Waals surface area contributed by atoms with Gasteiger partial charge in [0.2, 0.25) is 5.91 Å². The average Bonchev–Trinajstić information content (AvgIpc) is 3.11. The van der Waals surface area contributed by atoms with Gasteiger partial charge in [0.25, 0.3) is 0 Å². The lowest BCUT2D eigenvalue weighted by Gasteiger charge is -2.31. The first-order chi connectivity index (χ1) is 22.9. The van der Waals surface area contributed by atoms with E-state index in [1.807, 2.05) is 20.8 Å². The summed E-state index contributed by atoms with van der Waals surface area (Å²) in [5.74, 6) is -0.00715. The van der Waals surface area contributed by atoms with E-state index >= 15 is 0 Å². The molecule has 0 aromatic heterocycles. The molecule has 47 heavy (non-hydrogen) atoms. The minimum Gasteiger partial charge on any atom is -0.325 e. The number of carbonyl (C=O) groups is 1. The molecule has 0 saturated carbocycles. The normalized spacial score (nSPS) is 11.9. The maximum atomic E-state index is 13.7. The summed E-state index contributed by atoms with van der Waals surface area (Å²) in [5, 5.41) is 12.0. The number of hydrogen-bond donors (Lipinski definition) is 1. The van der Waals surface area contributed by atoms with Gasteiger partial charge < -0.3 is 5.32 Å². The lowest BCUT2D eigenvalue weighted by atomic mass is 9.91. The molecule has 0 aliphatic carbocycles. The molecule has 0 fully saturated rings. The first kappa shape index (κ1) is 30.6. The number of benzene rings is 7. The Morgan fingerprint density at radius 3 is 1.55 bits per heavy atom. The van der Waals surface area contributed by atoms with Crippen LogP contribution in [0.5, 0.6) is 0 Å². The SMILES string of the molecule is CC(C)(C)C(=O)Nc1ccc2ccccc2c1-c1c([P+](Cc2ccccc2)(c2ccccc2)c2ccccc2)ccc2ccccc12. The number of hydrogen-bond acceptors (Lipinski definition) is 1. The van der Waals surface area contributed by atoms with E-state index in [2.05, 4.69) is 169 Å². The first-order valence-electron chi connectivity index (χ1n) is 16.3. The Labute approximate surface area is 278 Å². The molecule has 7 aromatic carbocycles. The third-order valence-electron chi connectivity index (χ3n) is 9.08. The van der Waals surface area contributed by atoms with Crippen molar-refractivity contribution < 1.29 is 4.79 Å². The Kier molecular flexibility index (Phi) is 8.22. The number of carbonyl (C=O) groups excluding carboxylic acids is 1. The van der Waals surface area contributed by atoms with Crippen LogP contribution in [0.4, 0.5) is 5.69 Å². The van der Waals surface area contributed by atoms with Gasteiger partial charge in [-0.15, -0.1) is 0 Å². The smallest absolute Gasteiger partial charge is 0.229 e. The summed E-state index contributed by atoms with van der Waals surface area (Å²) in [5.41, 5.74) is 3.83. The van der Waals surface area contributed by atoms with Crippen LogP contribution in [0.2, 0.25) is 0 Å². The molecule has 0 heterocycles. The van der Waals surface area contributed by atoms with Crippen molar-refractivity contribution in [1.82, 2.24) is 0 Å². The zero-order chi connectivity index (χ0) is 32.4. The van der Waals surface area contributed by atoms with E-state index in [-0.39, 0.29) is 5.91 Å². The van der Waals surface area contributed by atoms with Crippen LogP contribution in [0.15, 0.2) is 164 Å². The molecule has 0 saturated heterocycles. The first-order valence-corrected chi connectivity index (χ1v) is 18.2. The lowest BCUT2D eigenvalue weighted by molar-refractivity contribution is -0.123. The van der Waals surface area contributed by atoms with Crippen molar-refractivity contribution in [3.8, 4) is 11.1 Å². The largest absolute Gasteiger partial charge is 0.325 e. The predicted molar refractivity (Wildman–Crippen MR) is 204 cm³/mol. The zero-order valence-corrected chi connectivity index (χ0v) is 28.0. The number of anilines is 1. The maximum absolute atomic E-state index is 13.7. The Morgan fingerprint density at radius 2 is 1.00 bits per heavy atom. The molecule has 1 amide bonds. The van der Waals surface area contributed by atoms with Gasteiger partial charge in [-0.2, -0.15) is 0 Å². The number of rotatable bonds is 7. The Balaban J connectivity index is 1.67. The van der Waals surface area contributed by atoms with Crippen molar-refractivity contribution in [2.75, 3.05) is 5.32 Å². The van der Waals surface area contributed by atoms with Gasteiger partial charge in [0.1, 0.15) is 23.2 Å². The molecule has 7 aromatic rings. The van der Waals surface area contributed by atoms with Crippen molar-refractivity contribution in [3.05, 3.63) is 169 Å². The van der Waals surface area contributed by atoms with E-state index in [0.29, 0.717) is 0 Å². The molecule has 7 rings (SSSR count). The molecule has 0 spiro atoms. The molecular formula is C44H39NOP+. The highest BCUT2D eigenvalue weighted by Gasteiger charge is 2.48. The van der Waals surface area contributed by atoms with E-state index in [9.17, 15) is 4.79 Å². The molecule has 1 N–H and O–H groups in total. The second-order valence-electron chi connectivity index (χ2n) is 13.2. The van der Waals surface area contributed by atoms with Gasteiger partial charge >= 0.3 is 0 Å². The van der Waals surface area contributed by atoms with E-state index in [4.69, 9.17) is 0 Å². The summed E-state index contributed by atoms with van der Waals surface area (Å²) >= 11 is 0. The molecule has 0 aliphatic rings. The second kappa shape index (κ2) is 12.6. The van der Waals surface area contributed by atoms with Crippen LogP contribution in [0.1, 0.15) is 26.3 Å². The quantitative estimate of drug-likeness (QED) is 0.175. The highest BCUT2D eigenvalue weighted by atomic mass is 31.2. The van der Waals surface area contributed by atoms with Crippen molar-refractivity contribution in [2.45, 2.75) is 26.9 Å². The second-order valence-corrected chi connectivity index (χ2v) is 16.7. The lowest BCUT2D eigenvalue weighted by Crippen LogP contribution is -2.34. The maximum Gasteiger partial charge on any atom is 0.229 e. The molecule has 0 atom stereocenters. The van der Waals surface area contributed by atoms with Crippen LogP contribution in [0.3, 0.4) is 0 Å². The van der Waals surface area contributed by atoms with E-state index in [1.165, 1.54) is 37.8 Å². The summed E-state index contributed by atoms with van der Waals surface area (Å²) < 4.78 is 0. The van der Waals surface area contributed by atoms with Gasteiger partial charge in [0, 0.05) is 22.2 Å². The predicted octanol–water partition coefficient (Wildman–Crippen LogP) is 10.1. The summed E-state index contributed by atoms with van der Waals surface area (Å²) in [6, 6.07) is 59.2. The zero-order valence-electron chi connectivity index (χ0n) is 27.2. The van der Waals surface area contributed by atoms with E-state index in [1.54, 1.807) is 0 Å². The fraction of sp³-hybridized carbons (Fsp3) is 0.114. The van der Waals surface area contributed by atoms with Gasteiger partial charge in [0.15, 0.2) is 0 Å². The molecule has 0 unspecified atom stereocenters. The Bertz CT molecular complexity index is 2150. The van der Waals surface area contributed by atoms with Crippen LogP contribution in [-0.2, 0) is 11.0 Å². The van der Waals surface area contributed by atoms with Gasteiger partial charge in [-0.05, 0) is 63.5 Å². The molecular weight excluding hydrogens is 589 g/mol. The van der Waals surface area contributed by atoms with E-state index < -0.39 is 12.7 Å². The number of fused-ring (bicyclic) bond motifs is 2. The molecule has 0 aliphatic heterocycles. The summed E-state index contributed by atoms with van der Waals surface area (Å²) in [6.07, 6.45) is 0.863. The Morgan fingerprint density at radius 1 is 0.532 bits per heavy atom. The third-order valence-corrected chi connectivity index (χ3v) is 13.5.